The first kappa shape index (κ1) is 18.9. The predicted molar refractivity (Wildman–Crippen MR) is 96.6 cm³/mol. The smallest absolute Gasteiger partial charge is 0.230 e. The Kier molecular flexibility index (Phi) is 8.55. The molecular formula is C16H23Cl2N2O2S+. The van der Waals surface area contributed by atoms with Crippen LogP contribution in [0.15, 0.2) is 18.2 Å². The molecule has 0 aromatic heterocycles. The summed E-state index contributed by atoms with van der Waals surface area (Å²) in [5, 5.41) is 4.27. The van der Waals surface area contributed by atoms with Crippen molar-refractivity contribution in [3.05, 3.63) is 33.8 Å². The van der Waals surface area contributed by atoms with Crippen LogP contribution in [0.25, 0.3) is 0 Å². The van der Waals surface area contributed by atoms with Crippen LogP contribution in [0, 0.1) is 0 Å². The summed E-state index contributed by atoms with van der Waals surface area (Å²) in [4.78, 5) is 13.4. The summed E-state index contributed by atoms with van der Waals surface area (Å²) in [6, 6.07) is 5.46. The predicted octanol–water partition coefficient (Wildman–Crippen LogP) is 1.65. The highest BCUT2D eigenvalue weighted by atomic mass is 35.5. The Morgan fingerprint density at radius 1 is 1.26 bits per heavy atom. The lowest BCUT2D eigenvalue weighted by Gasteiger charge is -2.23. The van der Waals surface area contributed by atoms with Crippen LogP contribution in [0.5, 0.6) is 0 Å². The molecular weight excluding hydrogens is 355 g/mol. The fourth-order valence-electron chi connectivity index (χ4n) is 2.44. The van der Waals surface area contributed by atoms with Crippen LogP contribution in [0.4, 0.5) is 0 Å². The molecule has 0 aliphatic carbocycles. The van der Waals surface area contributed by atoms with E-state index in [0.29, 0.717) is 21.6 Å². The van der Waals surface area contributed by atoms with Gasteiger partial charge < -0.3 is 15.0 Å². The van der Waals surface area contributed by atoms with E-state index >= 15 is 0 Å². The Balaban J connectivity index is 1.56. The van der Waals surface area contributed by atoms with Gasteiger partial charge in [0.25, 0.3) is 0 Å². The molecule has 1 aliphatic rings. The van der Waals surface area contributed by atoms with Crippen molar-refractivity contribution in [1.29, 1.82) is 0 Å². The summed E-state index contributed by atoms with van der Waals surface area (Å²) in [7, 11) is 0. The second kappa shape index (κ2) is 10.4. The number of nitrogens with one attached hydrogen (secondary N) is 2. The van der Waals surface area contributed by atoms with E-state index in [4.69, 9.17) is 27.9 Å². The number of benzene rings is 1. The minimum absolute atomic E-state index is 0.0650. The number of hydrogen-bond donors (Lipinski definition) is 2. The molecule has 2 N–H and O–H groups in total. The Morgan fingerprint density at radius 3 is 2.65 bits per heavy atom. The Hall–Kier alpha value is -0.460. The van der Waals surface area contributed by atoms with Gasteiger partial charge in [-0.1, -0.05) is 29.3 Å². The number of carbonyl (C=O) groups is 1. The summed E-state index contributed by atoms with van der Waals surface area (Å²) in [5.74, 6) is 1.13. The van der Waals surface area contributed by atoms with Crippen LogP contribution < -0.4 is 10.2 Å². The molecule has 128 valence electrons. The van der Waals surface area contributed by atoms with Crippen molar-refractivity contribution in [3.63, 3.8) is 0 Å². The topological polar surface area (TPSA) is 42.8 Å². The maximum absolute atomic E-state index is 11.8. The van der Waals surface area contributed by atoms with E-state index in [1.165, 1.54) is 11.8 Å². The highest BCUT2D eigenvalue weighted by Crippen LogP contribution is 2.27. The summed E-state index contributed by atoms with van der Waals surface area (Å²) in [6.07, 6.45) is 1.00. The molecule has 7 heteroatoms. The highest BCUT2D eigenvalue weighted by molar-refractivity contribution is 7.99. The van der Waals surface area contributed by atoms with Gasteiger partial charge in [-0.3, -0.25) is 4.79 Å². The number of morpholine rings is 1. The number of rotatable bonds is 8. The number of halogens is 2. The minimum Gasteiger partial charge on any atom is -0.370 e. The zero-order chi connectivity index (χ0) is 16.5. The number of quaternary nitrogens is 1. The van der Waals surface area contributed by atoms with E-state index in [9.17, 15) is 4.79 Å². The molecule has 1 aliphatic heterocycles. The molecule has 1 fully saturated rings. The average molecular weight is 378 g/mol. The molecule has 1 saturated heterocycles. The van der Waals surface area contributed by atoms with Crippen molar-refractivity contribution in [2.45, 2.75) is 12.2 Å². The minimum atomic E-state index is 0.0650. The molecule has 1 aromatic rings. The van der Waals surface area contributed by atoms with Gasteiger partial charge in [-0.2, -0.15) is 0 Å². The standard InChI is InChI=1S/C16H22Cl2N2O2S/c17-14-3-1-4-15(18)13(14)11-23-12-16(21)19-5-2-6-20-7-9-22-10-8-20/h1,3-4H,2,5-12H2,(H,19,21)/p+1. The molecule has 0 unspecified atom stereocenters. The van der Waals surface area contributed by atoms with Crippen LogP contribution in [-0.2, 0) is 15.3 Å². The number of thioether (sulfide) groups is 1. The van der Waals surface area contributed by atoms with E-state index in [1.807, 2.05) is 18.2 Å². The van der Waals surface area contributed by atoms with Crippen LogP contribution in [0.2, 0.25) is 10.0 Å². The SMILES string of the molecule is O=C(CSCc1c(Cl)cccc1Cl)NCCC[NH+]1CCOCC1. The van der Waals surface area contributed by atoms with E-state index in [2.05, 4.69) is 5.32 Å². The van der Waals surface area contributed by atoms with Gasteiger partial charge in [0.15, 0.2) is 0 Å². The third-order valence-electron chi connectivity index (χ3n) is 3.77. The first-order chi connectivity index (χ1) is 11.2. The third kappa shape index (κ3) is 6.89. The Morgan fingerprint density at radius 2 is 1.96 bits per heavy atom. The normalized spacial score (nSPS) is 15.6. The number of amides is 1. The molecule has 2 rings (SSSR count). The molecule has 0 atom stereocenters. The highest BCUT2D eigenvalue weighted by Gasteiger charge is 2.13. The molecule has 0 saturated carbocycles. The van der Waals surface area contributed by atoms with Gasteiger partial charge in [-0.15, -0.1) is 11.8 Å². The first-order valence-corrected chi connectivity index (χ1v) is 9.76. The van der Waals surface area contributed by atoms with Gasteiger partial charge in [0.1, 0.15) is 13.1 Å². The van der Waals surface area contributed by atoms with Gasteiger partial charge in [-0.05, 0) is 17.7 Å². The lowest BCUT2D eigenvalue weighted by molar-refractivity contribution is -0.908. The van der Waals surface area contributed by atoms with Crippen molar-refractivity contribution < 1.29 is 14.4 Å². The molecule has 0 bridgehead atoms. The van der Waals surface area contributed by atoms with E-state index in [-0.39, 0.29) is 5.91 Å². The van der Waals surface area contributed by atoms with E-state index in [1.54, 1.807) is 4.90 Å². The van der Waals surface area contributed by atoms with Crippen molar-refractivity contribution in [2.24, 2.45) is 0 Å². The second-order valence-electron chi connectivity index (χ2n) is 5.51. The van der Waals surface area contributed by atoms with Crippen LogP contribution in [0.1, 0.15) is 12.0 Å². The maximum Gasteiger partial charge on any atom is 0.230 e. The molecule has 4 nitrogen and oxygen atoms in total. The average Bonchev–Trinajstić information content (AvgIpc) is 2.55. The van der Waals surface area contributed by atoms with Crippen molar-refractivity contribution >= 4 is 40.9 Å². The molecule has 0 radical (unpaired) electrons. The van der Waals surface area contributed by atoms with Crippen molar-refractivity contribution in [1.82, 2.24) is 5.32 Å². The molecule has 1 amide bonds. The number of carbonyl (C=O) groups excluding carboxylic acids is 1. The van der Waals surface area contributed by atoms with Crippen molar-refractivity contribution in [2.75, 3.05) is 45.1 Å². The van der Waals surface area contributed by atoms with Gasteiger partial charge in [-0.25, -0.2) is 0 Å². The van der Waals surface area contributed by atoms with E-state index in [0.717, 1.165) is 51.4 Å². The number of ether oxygens (including phenoxy) is 1. The fourth-order valence-corrected chi connectivity index (χ4v) is 4.04. The lowest BCUT2D eigenvalue weighted by atomic mass is 10.2. The van der Waals surface area contributed by atoms with Gasteiger partial charge >= 0.3 is 0 Å². The largest absolute Gasteiger partial charge is 0.370 e. The fraction of sp³-hybridized carbons (Fsp3) is 0.562. The van der Waals surface area contributed by atoms with Crippen LogP contribution >= 0.6 is 35.0 Å². The van der Waals surface area contributed by atoms with Gasteiger partial charge in [0.2, 0.25) is 5.91 Å². The first-order valence-electron chi connectivity index (χ1n) is 7.85. The van der Waals surface area contributed by atoms with Gasteiger partial charge in [0.05, 0.1) is 25.5 Å². The summed E-state index contributed by atoms with van der Waals surface area (Å²) >= 11 is 13.7. The van der Waals surface area contributed by atoms with Gasteiger partial charge in [0, 0.05) is 28.8 Å². The van der Waals surface area contributed by atoms with Crippen LogP contribution in [0.3, 0.4) is 0 Å². The van der Waals surface area contributed by atoms with Crippen molar-refractivity contribution in [3.8, 4) is 0 Å². The van der Waals surface area contributed by atoms with E-state index < -0.39 is 0 Å². The monoisotopic (exact) mass is 377 g/mol. The zero-order valence-corrected chi connectivity index (χ0v) is 15.4. The quantitative estimate of drug-likeness (QED) is 0.676. The Labute approximate surface area is 151 Å². The molecule has 0 spiro atoms. The third-order valence-corrected chi connectivity index (χ3v) is 5.44. The molecule has 1 aromatic carbocycles. The summed E-state index contributed by atoms with van der Waals surface area (Å²) in [5.41, 5.74) is 0.893. The molecule has 1 heterocycles. The van der Waals surface area contributed by atoms with Crippen LogP contribution in [-0.4, -0.2) is 51.1 Å². The summed E-state index contributed by atoms with van der Waals surface area (Å²) < 4.78 is 5.33. The molecule has 23 heavy (non-hydrogen) atoms. The summed E-state index contributed by atoms with van der Waals surface area (Å²) in [6.45, 7) is 5.67. The second-order valence-corrected chi connectivity index (χ2v) is 7.31. The zero-order valence-electron chi connectivity index (χ0n) is 13.1. The maximum atomic E-state index is 11.8. The number of hydrogen-bond acceptors (Lipinski definition) is 3. The lowest BCUT2D eigenvalue weighted by Crippen LogP contribution is -3.14. The Bertz CT molecular complexity index is 491.